The van der Waals surface area contributed by atoms with Crippen molar-refractivity contribution < 1.29 is 13.2 Å². The first-order valence-corrected chi connectivity index (χ1v) is 8.33. The van der Waals surface area contributed by atoms with E-state index < -0.39 is 10.0 Å². The molecule has 20 heavy (non-hydrogen) atoms. The molecule has 0 amide bonds. The van der Waals surface area contributed by atoms with Crippen molar-refractivity contribution in [1.29, 1.82) is 0 Å². The van der Waals surface area contributed by atoms with Crippen molar-refractivity contribution in [3.8, 4) is 0 Å². The zero-order chi connectivity index (χ0) is 14.8. The number of rotatable bonds is 3. The number of hydrogen-bond acceptors (Lipinski definition) is 4. The second-order valence-corrected chi connectivity index (χ2v) is 7.13. The number of nitrogens with zero attached hydrogens (tertiary/aromatic N) is 1. The smallest absolute Gasteiger partial charge is 0.244 e. The van der Waals surface area contributed by atoms with E-state index >= 15 is 0 Å². The van der Waals surface area contributed by atoms with Crippen molar-refractivity contribution in [3.05, 3.63) is 28.8 Å². The third-order valence-electron chi connectivity index (χ3n) is 3.01. The summed E-state index contributed by atoms with van der Waals surface area (Å²) in [5.74, 6) is 0. The Kier molecular flexibility index (Phi) is 4.98. The van der Waals surface area contributed by atoms with Crippen molar-refractivity contribution in [3.63, 3.8) is 0 Å². The van der Waals surface area contributed by atoms with Crippen molar-refractivity contribution in [1.82, 2.24) is 4.31 Å². The summed E-state index contributed by atoms with van der Waals surface area (Å²) in [6, 6.07) is 4.53. The third-order valence-corrected chi connectivity index (χ3v) is 5.63. The van der Waals surface area contributed by atoms with Crippen molar-refractivity contribution >= 4 is 38.8 Å². The number of nitrogens with two attached hydrogens (primary N) is 1. The summed E-state index contributed by atoms with van der Waals surface area (Å²) in [4.78, 5) is 0.170. The van der Waals surface area contributed by atoms with Gasteiger partial charge >= 0.3 is 0 Å². The maximum absolute atomic E-state index is 12.6. The van der Waals surface area contributed by atoms with Crippen LogP contribution in [-0.4, -0.2) is 44.0 Å². The van der Waals surface area contributed by atoms with Crippen LogP contribution in [0.15, 0.2) is 23.1 Å². The topological polar surface area (TPSA) is 72.6 Å². The number of hydrogen-bond donors (Lipinski definition) is 1. The van der Waals surface area contributed by atoms with E-state index in [1.165, 1.54) is 16.4 Å². The molecule has 0 saturated carbocycles. The summed E-state index contributed by atoms with van der Waals surface area (Å²) < 4.78 is 31.9. The fraction of sp³-hybridized carbons (Fsp3) is 0.417. The molecular weight excluding hydrogens is 320 g/mol. The number of ether oxygens (including phenoxy) is 1. The van der Waals surface area contributed by atoms with E-state index in [2.05, 4.69) is 0 Å². The Hall–Kier alpha value is -0.730. The fourth-order valence-corrected chi connectivity index (χ4v) is 4.05. The van der Waals surface area contributed by atoms with Crippen molar-refractivity contribution in [2.75, 3.05) is 26.3 Å². The minimum Gasteiger partial charge on any atom is -0.389 e. The van der Waals surface area contributed by atoms with Crippen LogP contribution in [0.4, 0.5) is 0 Å². The van der Waals surface area contributed by atoms with E-state index in [1.807, 2.05) is 0 Å². The zero-order valence-electron chi connectivity index (χ0n) is 10.7. The summed E-state index contributed by atoms with van der Waals surface area (Å²) in [5.41, 5.74) is 6.02. The van der Waals surface area contributed by atoms with Gasteiger partial charge in [0.2, 0.25) is 10.0 Å². The lowest BCUT2D eigenvalue weighted by atomic mass is 10.2. The molecule has 1 aliphatic heterocycles. The summed E-state index contributed by atoms with van der Waals surface area (Å²) >= 11 is 10.9. The Morgan fingerprint density at radius 3 is 2.80 bits per heavy atom. The molecular formula is C12H15ClN2O3S2. The molecule has 1 aromatic rings. The molecule has 8 heteroatoms. The minimum absolute atomic E-state index is 0.0337. The molecule has 0 aromatic heterocycles. The molecule has 0 spiro atoms. The van der Waals surface area contributed by atoms with Crippen LogP contribution in [0.1, 0.15) is 12.0 Å². The lowest BCUT2D eigenvalue weighted by Crippen LogP contribution is -2.33. The Balaban J connectivity index is 2.42. The third kappa shape index (κ3) is 3.29. The van der Waals surface area contributed by atoms with Crippen LogP contribution >= 0.6 is 23.8 Å². The Bertz CT molecular complexity index is 611. The molecule has 0 bridgehead atoms. The van der Waals surface area contributed by atoms with Gasteiger partial charge in [-0.3, -0.25) is 0 Å². The van der Waals surface area contributed by atoms with Gasteiger partial charge in [0.15, 0.2) is 0 Å². The van der Waals surface area contributed by atoms with Crippen LogP contribution in [0, 0.1) is 0 Å². The van der Waals surface area contributed by atoms with Crippen molar-refractivity contribution in [2.24, 2.45) is 5.73 Å². The average Bonchev–Trinajstić information content (AvgIpc) is 2.68. The molecule has 110 valence electrons. The molecule has 1 fully saturated rings. The predicted molar refractivity (Wildman–Crippen MR) is 81.5 cm³/mol. The van der Waals surface area contributed by atoms with Gasteiger partial charge in [0.25, 0.3) is 0 Å². The number of thiocarbonyl (C=S) groups is 1. The molecule has 1 heterocycles. The number of sulfonamides is 1. The van der Waals surface area contributed by atoms with Gasteiger partial charge in [0.05, 0.1) is 11.6 Å². The van der Waals surface area contributed by atoms with Gasteiger partial charge in [-0.15, -0.1) is 0 Å². The molecule has 1 aromatic carbocycles. The summed E-state index contributed by atoms with van der Waals surface area (Å²) in [7, 11) is -3.67. The highest BCUT2D eigenvalue weighted by atomic mass is 35.5. The Morgan fingerprint density at radius 1 is 1.35 bits per heavy atom. The first-order valence-electron chi connectivity index (χ1n) is 6.10. The van der Waals surface area contributed by atoms with Crippen molar-refractivity contribution in [2.45, 2.75) is 11.3 Å². The largest absolute Gasteiger partial charge is 0.389 e. The van der Waals surface area contributed by atoms with E-state index in [1.54, 1.807) is 6.07 Å². The minimum atomic E-state index is -3.67. The quantitative estimate of drug-likeness (QED) is 0.846. The highest BCUT2D eigenvalue weighted by Crippen LogP contribution is 2.26. The van der Waals surface area contributed by atoms with Gasteiger partial charge in [-0.2, -0.15) is 4.31 Å². The first-order chi connectivity index (χ1) is 9.43. The van der Waals surface area contributed by atoms with Crippen LogP contribution in [0.3, 0.4) is 0 Å². The summed E-state index contributed by atoms with van der Waals surface area (Å²) in [6.45, 7) is 1.67. The SMILES string of the molecule is NC(=S)c1ccc(Cl)c(S(=O)(=O)N2CCCOCC2)c1. The molecule has 2 N–H and O–H groups in total. The van der Waals surface area contributed by atoms with Crippen LogP contribution in [-0.2, 0) is 14.8 Å². The van der Waals surface area contributed by atoms with E-state index in [0.29, 0.717) is 38.3 Å². The second-order valence-electron chi connectivity index (χ2n) is 4.38. The maximum Gasteiger partial charge on any atom is 0.244 e. The summed E-state index contributed by atoms with van der Waals surface area (Å²) in [6.07, 6.45) is 0.659. The molecule has 0 aliphatic carbocycles. The molecule has 0 radical (unpaired) electrons. The lowest BCUT2D eigenvalue weighted by Gasteiger charge is -2.20. The van der Waals surface area contributed by atoms with Crippen LogP contribution in [0.25, 0.3) is 0 Å². The second kappa shape index (κ2) is 6.36. The fourth-order valence-electron chi connectivity index (χ4n) is 1.96. The Morgan fingerprint density at radius 2 is 2.10 bits per heavy atom. The van der Waals surface area contributed by atoms with E-state index in [0.717, 1.165) is 0 Å². The number of halogens is 1. The summed E-state index contributed by atoms with van der Waals surface area (Å²) in [5, 5.41) is 0.162. The molecule has 1 aliphatic rings. The van der Waals surface area contributed by atoms with Gasteiger partial charge in [0, 0.05) is 25.3 Å². The molecule has 5 nitrogen and oxygen atoms in total. The highest BCUT2D eigenvalue weighted by Gasteiger charge is 2.27. The van der Waals surface area contributed by atoms with Gasteiger partial charge < -0.3 is 10.5 Å². The molecule has 0 unspecified atom stereocenters. The molecule has 2 rings (SSSR count). The highest BCUT2D eigenvalue weighted by molar-refractivity contribution is 7.89. The Labute approximate surface area is 128 Å². The monoisotopic (exact) mass is 334 g/mol. The van der Waals surface area contributed by atoms with Gasteiger partial charge in [-0.25, -0.2) is 8.42 Å². The van der Waals surface area contributed by atoms with Crippen LogP contribution in [0.2, 0.25) is 5.02 Å². The molecule has 1 saturated heterocycles. The average molecular weight is 335 g/mol. The normalized spacial score (nSPS) is 17.6. The van der Waals surface area contributed by atoms with E-state index in [4.69, 9.17) is 34.3 Å². The van der Waals surface area contributed by atoms with Crippen LogP contribution < -0.4 is 5.73 Å². The standard InChI is InChI=1S/C12H15ClN2O3S2/c13-10-3-2-9(12(14)19)8-11(10)20(16,17)15-4-1-6-18-7-5-15/h2-3,8H,1,4-7H2,(H2,14,19). The number of benzene rings is 1. The predicted octanol–water partition coefficient (Wildman–Crippen LogP) is 1.39. The zero-order valence-corrected chi connectivity index (χ0v) is 13.1. The first kappa shape index (κ1) is 15.7. The van der Waals surface area contributed by atoms with E-state index in [-0.39, 0.29) is 14.9 Å². The van der Waals surface area contributed by atoms with Gasteiger partial charge in [-0.05, 0) is 18.6 Å². The van der Waals surface area contributed by atoms with E-state index in [9.17, 15) is 8.42 Å². The maximum atomic E-state index is 12.6. The lowest BCUT2D eigenvalue weighted by molar-refractivity contribution is 0.148. The van der Waals surface area contributed by atoms with Crippen LogP contribution in [0.5, 0.6) is 0 Å². The molecule has 0 atom stereocenters. The van der Waals surface area contributed by atoms with Gasteiger partial charge in [-0.1, -0.05) is 29.9 Å². The van der Waals surface area contributed by atoms with Gasteiger partial charge in [0.1, 0.15) is 9.88 Å².